The molecule has 6 rings (SSSR count). The van der Waals surface area contributed by atoms with Gasteiger partial charge in [-0.15, -0.1) is 0 Å². The highest BCUT2D eigenvalue weighted by Crippen LogP contribution is 2.44. The normalized spacial score (nSPS) is 22.7. The van der Waals surface area contributed by atoms with Gasteiger partial charge in [0.1, 0.15) is 5.82 Å². The van der Waals surface area contributed by atoms with Crippen LogP contribution in [0.3, 0.4) is 0 Å². The molecular weight excluding hydrogens is 526 g/mol. The van der Waals surface area contributed by atoms with Crippen LogP contribution < -0.4 is 11.2 Å². The molecular formula is C29H37N7O5. The molecule has 3 aromatic heterocycles. The number of rotatable bonds is 4. The molecule has 2 N–H and O–H groups in total. The zero-order chi connectivity index (χ0) is 29.3. The quantitative estimate of drug-likeness (QED) is 0.385. The van der Waals surface area contributed by atoms with E-state index < -0.39 is 28.5 Å². The maximum atomic E-state index is 13.1. The standard InChI is InChI=1S/C29H37N7O5/c1-17-12-18(2)23-19(13-17)31-21(32-23)6-7-22(37)35-10-8-29(9-11-35)15-28(3,40)20(14-41-29)36-16-30-25-24(36)26(38)34(5)27(39)33(25)4/h12-13,16,20,40H,6-11,14-15H2,1-5H3,(H,31,32)/t20-,28-/m1/s1. The number of aromatic amines is 1. The molecule has 0 saturated carbocycles. The van der Waals surface area contributed by atoms with Crippen LogP contribution in [0, 0.1) is 13.8 Å². The molecule has 1 amide bonds. The second-order valence-electron chi connectivity index (χ2n) is 12.1. The summed E-state index contributed by atoms with van der Waals surface area (Å²) in [4.78, 5) is 52.6. The van der Waals surface area contributed by atoms with Crippen molar-refractivity contribution < 1.29 is 14.6 Å². The van der Waals surface area contributed by atoms with E-state index in [-0.39, 0.29) is 23.7 Å². The van der Waals surface area contributed by atoms with Crippen LogP contribution >= 0.6 is 0 Å². The number of amides is 1. The lowest BCUT2D eigenvalue weighted by molar-refractivity contribution is -0.196. The molecule has 0 unspecified atom stereocenters. The second-order valence-corrected chi connectivity index (χ2v) is 12.1. The largest absolute Gasteiger partial charge is 0.388 e. The molecule has 2 aliphatic heterocycles. The second kappa shape index (κ2) is 9.66. The Morgan fingerprint density at radius 2 is 1.90 bits per heavy atom. The summed E-state index contributed by atoms with van der Waals surface area (Å²) in [5, 5.41) is 11.7. The van der Waals surface area contributed by atoms with Crippen molar-refractivity contribution in [1.82, 2.24) is 33.6 Å². The van der Waals surface area contributed by atoms with Gasteiger partial charge < -0.3 is 24.3 Å². The number of aromatic nitrogens is 6. The molecule has 2 aliphatic rings. The zero-order valence-electron chi connectivity index (χ0n) is 24.2. The highest BCUT2D eigenvalue weighted by atomic mass is 16.5. The number of carbonyl (C=O) groups excluding carboxylic acids is 1. The summed E-state index contributed by atoms with van der Waals surface area (Å²) in [6.45, 7) is 7.15. The number of benzene rings is 1. The highest BCUT2D eigenvalue weighted by molar-refractivity contribution is 5.80. The van der Waals surface area contributed by atoms with Gasteiger partial charge in [-0.05, 0) is 50.8 Å². The molecule has 5 heterocycles. The van der Waals surface area contributed by atoms with E-state index in [0.29, 0.717) is 45.2 Å². The maximum absolute atomic E-state index is 13.1. The van der Waals surface area contributed by atoms with Gasteiger partial charge in [-0.25, -0.2) is 14.8 Å². The Morgan fingerprint density at radius 1 is 1.17 bits per heavy atom. The molecule has 0 bridgehead atoms. The Labute approximate surface area is 236 Å². The van der Waals surface area contributed by atoms with E-state index in [2.05, 4.69) is 29.0 Å². The molecule has 0 aliphatic carbocycles. The van der Waals surface area contributed by atoms with Crippen LogP contribution in [-0.2, 0) is 30.0 Å². The molecule has 2 fully saturated rings. The maximum Gasteiger partial charge on any atom is 0.332 e. The Balaban J connectivity index is 1.11. The van der Waals surface area contributed by atoms with Gasteiger partial charge in [-0.1, -0.05) is 6.07 Å². The molecule has 1 spiro atoms. The lowest BCUT2D eigenvalue weighted by Crippen LogP contribution is -2.58. The number of nitrogens with one attached hydrogen (secondary N) is 1. The fourth-order valence-corrected chi connectivity index (χ4v) is 6.75. The summed E-state index contributed by atoms with van der Waals surface area (Å²) in [6, 6.07) is 3.63. The van der Waals surface area contributed by atoms with Crippen LogP contribution in [0.4, 0.5) is 0 Å². The van der Waals surface area contributed by atoms with Crippen molar-refractivity contribution in [2.75, 3.05) is 19.7 Å². The third-order valence-electron chi connectivity index (χ3n) is 9.03. The van der Waals surface area contributed by atoms with E-state index in [1.807, 2.05) is 11.8 Å². The number of aliphatic hydroxyl groups is 1. The molecule has 2 atom stereocenters. The molecule has 4 aromatic rings. The number of piperidine rings is 1. The van der Waals surface area contributed by atoms with E-state index in [4.69, 9.17) is 9.72 Å². The molecule has 2 saturated heterocycles. The van der Waals surface area contributed by atoms with Crippen LogP contribution in [0.2, 0.25) is 0 Å². The number of aryl methyl sites for hydroxylation is 4. The van der Waals surface area contributed by atoms with Crippen molar-refractivity contribution in [2.24, 2.45) is 14.1 Å². The number of imidazole rings is 2. The lowest BCUT2D eigenvalue weighted by atomic mass is 9.75. The van der Waals surface area contributed by atoms with Crippen LogP contribution in [-0.4, -0.2) is 75.5 Å². The van der Waals surface area contributed by atoms with Gasteiger partial charge in [0, 0.05) is 46.4 Å². The van der Waals surface area contributed by atoms with E-state index in [0.717, 1.165) is 27.0 Å². The Kier molecular flexibility index (Phi) is 6.46. The number of hydrogen-bond donors (Lipinski definition) is 2. The fraction of sp³-hybridized carbons (Fsp3) is 0.552. The summed E-state index contributed by atoms with van der Waals surface area (Å²) < 4.78 is 10.4. The predicted molar refractivity (Wildman–Crippen MR) is 153 cm³/mol. The summed E-state index contributed by atoms with van der Waals surface area (Å²) in [5.74, 6) is 0.898. The van der Waals surface area contributed by atoms with Gasteiger partial charge in [0.05, 0.1) is 41.2 Å². The third kappa shape index (κ3) is 4.58. The van der Waals surface area contributed by atoms with Crippen molar-refractivity contribution in [1.29, 1.82) is 0 Å². The monoisotopic (exact) mass is 563 g/mol. The van der Waals surface area contributed by atoms with Crippen LogP contribution in [0.15, 0.2) is 28.0 Å². The smallest absolute Gasteiger partial charge is 0.332 e. The average Bonchev–Trinajstić information content (AvgIpc) is 3.54. The summed E-state index contributed by atoms with van der Waals surface area (Å²) in [6.07, 6.45) is 4.01. The molecule has 0 radical (unpaired) electrons. The topological polar surface area (TPSA) is 140 Å². The first-order valence-corrected chi connectivity index (χ1v) is 14.1. The van der Waals surface area contributed by atoms with Gasteiger partial charge >= 0.3 is 5.69 Å². The van der Waals surface area contributed by atoms with Crippen molar-refractivity contribution in [2.45, 2.75) is 70.1 Å². The summed E-state index contributed by atoms with van der Waals surface area (Å²) in [5.41, 5.74) is 2.10. The van der Waals surface area contributed by atoms with Crippen LogP contribution in [0.25, 0.3) is 22.2 Å². The first-order valence-electron chi connectivity index (χ1n) is 14.1. The van der Waals surface area contributed by atoms with Gasteiger partial charge in [-0.2, -0.15) is 0 Å². The SMILES string of the molecule is Cc1cc(C)c2nc(CCC(=O)N3CCC4(CC3)C[C@@](C)(O)[C@H](n3cnc5c3c(=O)n(C)c(=O)n5C)CO4)[nH]c2c1. The van der Waals surface area contributed by atoms with E-state index >= 15 is 0 Å². The number of H-pyrrole nitrogens is 1. The fourth-order valence-electron chi connectivity index (χ4n) is 6.75. The van der Waals surface area contributed by atoms with Crippen molar-refractivity contribution in [3.63, 3.8) is 0 Å². The van der Waals surface area contributed by atoms with Crippen molar-refractivity contribution in [3.8, 4) is 0 Å². The molecule has 1 aromatic carbocycles. The molecule has 12 nitrogen and oxygen atoms in total. The first-order chi connectivity index (χ1) is 19.4. The molecule has 12 heteroatoms. The van der Waals surface area contributed by atoms with E-state index in [1.165, 1.54) is 23.5 Å². The number of carbonyl (C=O) groups is 1. The number of hydrogen-bond acceptors (Lipinski definition) is 7. The number of likely N-dealkylation sites (tertiary alicyclic amines) is 1. The first kappa shape index (κ1) is 27.4. The summed E-state index contributed by atoms with van der Waals surface area (Å²) in [7, 11) is 3.00. The number of fused-ring (bicyclic) bond motifs is 2. The minimum Gasteiger partial charge on any atom is -0.388 e. The zero-order valence-corrected chi connectivity index (χ0v) is 24.2. The Morgan fingerprint density at radius 3 is 2.61 bits per heavy atom. The van der Waals surface area contributed by atoms with Gasteiger partial charge in [0.15, 0.2) is 11.2 Å². The highest BCUT2D eigenvalue weighted by Gasteiger charge is 2.50. The average molecular weight is 564 g/mol. The van der Waals surface area contributed by atoms with E-state index in [1.54, 1.807) is 18.5 Å². The van der Waals surface area contributed by atoms with Gasteiger partial charge in [0.25, 0.3) is 5.56 Å². The van der Waals surface area contributed by atoms with Crippen LogP contribution in [0.1, 0.15) is 55.6 Å². The minimum absolute atomic E-state index is 0.0833. The Bertz CT molecular complexity index is 1780. The predicted octanol–water partition coefficient (Wildman–Crippen LogP) is 1.63. The summed E-state index contributed by atoms with van der Waals surface area (Å²) >= 11 is 0. The van der Waals surface area contributed by atoms with Crippen molar-refractivity contribution >= 4 is 28.1 Å². The molecule has 218 valence electrons. The number of nitrogens with zero attached hydrogens (tertiary/aromatic N) is 6. The third-order valence-corrected chi connectivity index (χ3v) is 9.03. The molecule has 41 heavy (non-hydrogen) atoms. The van der Waals surface area contributed by atoms with Crippen LogP contribution in [0.5, 0.6) is 0 Å². The van der Waals surface area contributed by atoms with Crippen molar-refractivity contribution in [3.05, 3.63) is 56.2 Å². The minimum atomic E-state index is -1.20. The van der Waals surface area contributed by atoms with Gasteiger partial charge in [-0.3, -0.25) is 18.7 Å². The van der Waals surface area contributed by atoms with E-state index in [9.17, 15) is 19.5 Å². The Hall–Kier alpha value is -3.77. The lowest BCUT2D eigenvalue weighted by Gasteiger charge is -2.51. The van der Waals surface area contributed by atoms with Gasteiger partial charge in [0.2, 0.25) is 5.91 Å². The number of ether oxygens (including phenoxy) is 1.